The van der Waals surface area contributed by atoms with Crippen LogP contribution in [0, 0.1) is 0 Å². The summed E-state index contributed by atoms with van der Waals surface area (Å²) in [6.07, 6.45) is 0. The molecule has 0 fully saturated rings. The minimum absolute atomic E-state index is 0.292. The average Bonchev–Trinajstić information content (AvgIpc) is 2.20. The summed E-state index contributed by atoms with van der Waals surface area (Å²) in [5.74, 6) is 0.609. The van der Waals surface area contributed by atoms with Crippen molar-refractivity contribution in [2.24, 2.45) is 11.5 Å². The summed E-state index contributed by atoms with van der Waals surface area (Å²) in [5.41, 5.74) is 12.0. The number of hydrogen-bond donors (Lipinski definition) is 2. The largest absolute Gasteiger partial charge is 0.496 e. The van der Waals surface area contributed by atoms with E-state index in [0.29, 0.717) is 22.3 Å². The van der Waals surface area contributed by atoms with Gasteiger partial charge in [-0.1, -0.05) is 23.2 Å². The molecule has 5 heteroatoms. The lowest BCUT2D eigenvalue weighted by Gasteiger charge is -2.14. The molecular weight excluding hydrogens is 223 g/mol. The van der Waals surface area contributed by atoms with Crippen molar-refractivity contribution in [3.05, 3.63) is 27.7 Å². The van der Waals surface area contributed by atoms with Crippen molar-refractivity contribution in [2.45, 2.75) is 6.04 Å². The van der Waals surface area contributed by atoms with E-state index in [4.69, 9.17) is 39.4 Å². The molecule has 0 aromatic heterocycles. The first-order valence-corrected chi connectivity index (χ1v) is 4.84. The summed E-state index contributed by atoms with van der Waals surface area (Å²) in [4.78, 5) is 0. The van der Waals surface area contributed by atoms with Gasteiger partial charge in [-0.05, 0) is 6.07 Å². The van der Waals surface area contributed by atoms with Crippen LogP contribution in [0.1, 0.15) is 11.6 Å². The van der Waals surface area contributed by atoms with Gasteiger partial charge in [0.05, 0.1) is 17.2 Å². The van der Waals surface area contributed by atoms with E-state index in [1.807, 2.05) is 0 Å². The third-order valence-corrected chi connectivity index (χ3v) is 2.65. The van der Waals surface area contributed by atoms with Gasteiger partial charge < -0.3 is 16.2 Å². The molecule has 1 unspecified atom stereocenters. The van der Waals surface area contributed by atoms with Crippen LogP contribution >= 0.6 is 23.2 Å². The number of hydrogen-bond acceptors (Lipinski definition) is 3. The van der Waals surface area contributed by atoms with Crippen molar-refractivity contribution in [1.82, 2.24) is 0 Å². The van der Waals surface area contributed by atoms with Crippen LogP contribution in [0.4, 0.5) is 0 Å². The van der Waals surface area contributed by atoms with Crippen molar-refractivity contribution >= 4 is 23.2 Å². The predicted molar refractivity (Wildman–Crippen MR) is 59.0 cm³/mol. The third kappa shape index (κ3) is 2.30. The standard InChI is InChI=1S/C9H12Cl2N2O/c1-14-9-3-7(11)6(10)2-5(9)8(13)4-12/h2-3,8H,4,12-13H2,1H3. The molecule has 1 aromatic rings. The van der Waals surface area contributed by atoms with Gasteiger partial charge in [0.1, 0.15) is 5.75 Å². The van der Waals surface area contributed by atoms with E-state index >= 15 is 0 Å². The van der Waals surface area contributed by atoms with Crippen LogP contribution in [0.5, 0.6) is 5.75 Å². The van der Waals surface area contributed by atoms with Crippen LogP contribution in [0.3, 0.4) is 0 Å². The van der Waals surface area contributed by atoms with Gasteiger partial charge >= 0.3 is 0 Å². The Labute approximate surface area is 92.9 Å². The number of benzene rings is 1. The highest BCUT2D eigenvalue weighted by Gasteiger charge is 2.13. The fourth-order valence-electron chi connectivity index (χ4n) is 1.14. The maximum Gasteiger partial charge on any atom is 0.125 e. The van der Waals surface area contributed by atoms with Crippen molar-refractivity contribution < 1.29 is 4.74 Å². The summed E-state index contributed by atoms with van der Waals surface area (Å²) < 4.78 is 5.13. The van der Waals surface area contributed by atoms with E-state index < -0.39 is 0 Å². The summed E-state index contributed by atoms with van der Waals surface area (Å²) in [6, 6.07) is 3.02. The molecule has 1 rings (SSSR count). The van der Waals surface area contributed by atoms with E-state index in [-0.39, 0.29) is 6.04 Å². The highest BCUT2D eigenvalue weighted by molar-refractivity contribution is 6.42. The molecule has 0 aliphatic heterocycles. The summed E-state index contributed by atoms with van der Waals surface area (Å²) >= 11 is 11.7. The van der Waals surface area contributed by atoms with E-state index in [9.17, 15) is 0 Å². The number of ether oxygens (including phenoxy) is 1. The molecule has 4 N–H and O–H groups in total. The number of nitrogens with two attached hydrogens (primary N) is 2. The van der Waals surface area contributed by atoms with Crippen molar-refractivity contribution in [3.8, 4) is 5.75 Å². The van der Waals surface area contributed by atoms with Crippen LogP contribution < -0.4 is 16.2 Å². The van der Waals surface area contributed by atoms with Crippen molar-refractivity contribution in [3.63, 3.8) is 0 Å². The molecule has 0 heterocycles. The van der Waals surface area contributed by atoms with Crippen LogP contribution in [-0.2, 0) is 0 Å². The smallest absolute Gasteiger partial charge is 0.125 e. The predicted octanol–water partition coefficient (Wildman–Crippen LogP) is 1.96. The molecule has 0 saturated carbocycles. The molecule has 1 aromatic carbocycles. The molecule has 14 heavy (non-hydrogen) atoms. The zero-order valence-corrected chi connectivity index (χ0v) is 9.27. The fraction of sp³-hybridized carbons (Fsp3) is 0.333. The monoisotopic (exact) mass is 234 g/mol. The quantitative estimate of drug-likeness (QED) is 0.841. The molecule has 0 aliphatic carbocycles. The molecule has 3 nitrogen and oxygen atoms in total. The Balaban J connectivity index is 3.19. The van der Waals surface area contributed by atoms with E-state index in [1.165, 1.54) is 0 Å². The van der Waals surface area contributed by atoms with Gasteiger partial charge in [0.15, 0.2) is 0 Å². The van der Waals surface area contributed by atoms with Gasteiger partial charge in [0, 0.05) is 24.2 Å². The number of rotatable bonds is 3. The first-order chi connectivity index (χ1) is 6.60. The van der Waals surface area contributed by atoms with E-state index in [0.717, 1.165) is 5.56 Å². The maximum absolute atomic E-state index is 5.86. The molecule has 0 radical (unpaired) electrons. The SMILES string of the molecule is COc1cc(Cl)c(Cl)cc1C(N)CN. The van der Waals surface area contributed by atoms with Gasteiger partial charge in [-0.3, -0.25) is 0 Å². The highest BCUT2D eigenvalue weighted by Crippen LogP contribution is 2.32. The Morgan fingerprint density at radius 3 is 2.43 bits per heavy atom. The van der Waals surface area contributed by atoms with E-state index in [2.05, 4.69) is 0 Å². The number of methoxy groups -OCH3 is 1. The van der Waals surface area contributed by atoms with Crippen LogP contribution in [-0.4, -0.2) is 13.7 Å². The molecule has 0 aliphatic rings. The van der Waals surface area contributed by atoms with Crippen LogP contribution in [0.15, 0.2) is 12.1 Å². The fourth-order valence-corrected chi connectivity index (χ4v) is 1.46. The second-order valence-electron chi connectivity index (χ2n) is 2.85. The van der Waals surface area contributed by atoms with Crippen LogP contribution in [0.2, 0.25) is 10.0 Å². The molecule has 1 atom stereocenters. The topological polar surface area (TPSA) is 61.3 Å². The molecule has 0 amide bonds. The van der Waals surface area contributed by atoms with Crippen molar-refractivity contribution in [1.29, 1.82) is 0 Å². The average molecular weight is 235 g/mol. The Bertz CT molecular complexity index is 331. The minimum Gasteiger partial charge on any atom is -0.496 e. The van der Waals surface area contributed by atoms with Crippen LogP contribution in [0.25, 0.3) is 0 Å². The van der Waals surface area contributed by atoms with Gasteiger partial charge in [0.2, 0.25) is 0 Å². The summed E-state index contributed by atoms with van der Waals surface area (Å²) in [7, 11) is 1.55. The minimum atomic E-state index is -0.292. The van der Waals surface area contributed by atoms with Crippen molar-refractivity contribution in [2.75, 3.05) is 13.7 Å². The van der Waals surface area contributed by atoms with Gasteiger partial charge in [-0.2, -0.15) is 0 Å². The lowest BCUT2D eigenvalue weighted by molar-refractivity contribution is 0.406. The molecular formula is C9H12Cl2N2O. The Kier molecular flexibility index (Phi) is 4.01. The summed E-state index contributed by atoms with van der Waals surface area (Å²) in [6.45, 7) is 0.328. The van der Waals surface area contributed by atoms with Gasteiger partial charge in [0.25, 0.3) is 0 Å². The Hall–Kier alpha value is -0.480. The Morgan fingerprint density at radius 1 is 1.36 bits per heavy atom. The van der Waals surface area contributed by atoms with Gasteiger partial charge in [-0.25, -0.2) is 0 Å². The first-order valence-electron chi connectivity index (χ1n) is 4.08. The third-order valence-electron chi connectivity index (χ3n) is 1.93. The lowest BCUT2D eigenvalue weighted by atomic mass is 10.1. The highest BCUT2D eigenvalue weighted by atomic mass is 35.5. The summed E-state index contributed by atoms with van der Waals surface area (Å²) in [5, 5.41) is 0.892. The second kappa shape index (κ2) is 4.84. The normalized spacial score (nSPS) is 12.6. The molecule has 0 bridgehead atoms. The molecule has 78 valence electrons. The lowest BCUT2D eigenvalue weighted by Crippen LogP contribution is -2.21. The molecule has 0 saturated heterocycles. The zero-order chi connectivity index (χ0) is 10.7. The Morgan fingerprint density at radius 2 is 1.93 bits per heavy atom. The van der Waals surface area contributed by atoms with E-state index in [1.54, 1.807) is 19.2 Å². The maximum atomic E-state index is 5.86. The molecule has 0 spiro atoms. The van der Waals surface area contributed by atoms with Gasteiger partial charge in [-0.15, -0.1) is 0 Å². The second-order valence-corrected chi connectivity index (χ2v) is 3.66. The zero-order valence-electron chi connectivity index (χ0n) is 7.76. The first kappa shape index (κ1) is 11.6. The number of halogens is 2.